The van der Waals surface area contributed by atoms with Crippen LogP contribution in [0.3, 0.4) is 0 Å². The van der Waals surface area contributed by atoms with Crippen molar-refractivity contribution in [3.05, 3.63) is 64.9 Å². The number of aromatic nitrogens is 2. The van der Waals surface area contributed by atoms with Gasteiger partial charge in [0.25, 0.3) is 0 Å². The van der Waals surface area contributed by atoms with Gasteiger partial charge in [-0.15, -0.1) is 0 Å². The van der Waals surface area contributed by atoms with Crippen LogP contribution in [0.25, 0.3) is 11.0 Å². The summed E-state index contributed by atoms with van der Waals surface area (Å²) in [7, 11) is 0. The quantitative estimate of drug-likeness (QED) is 0.468. The second-order valence-corrected chi connectivity index (χ2v) is 6.14. The lowest BCUT2D eigenvalue weighted by Crippen LogP contribution is -2.38. The number of H-pyrrole nitrogens is 1. The molecule has 5 nitrogen and oxygen atoms in total. The second-order valence-electron chi connectivity index (χ2n) is 5.70. The van der Waals surface area contributed by atoms with Crippen molar-refractivity contribution in [3.8, 4) is 0 Å². The number of aliphatic imine (C=N–C) groups is 1. The first-order valence-electron chi connectivity index (χ1n) is 8.45. The third kappa shape index (κ3) is 4.97. The Kier molecular flexibility index (Phi) is 5.90. The zero-order valence-electron chi connectivity index (χ0n) is 14.2. The van der Waals surface area contributed by atoms with Gasteiger partial charge in [0.2, 0.25) is 0 Å². The van der Waals surface area contributed by atoms with Gasteiger partial charge in [-0.1, -0.05) is 35.9 Å². The first kappa shape index (κ1) is 17.3. The summed E-state index contributed by atoms with van der Waals surface area (Å²) in [5.41, 5.74) is 3.19. The number of para-hydroxylation sites is 2. The Balaban J connectivity index is 1.55. The van der Waals surface area contributed by atoms with E-state index in [0.29, 0.717) is 6.54 Å². The van der Waals surface area contributed by atoms with E-state index >= 15 is 0 Å². The predicted molar refractivity (Wildman–Crippen MR) is 104 cm³/mol. The van der Waals surface area contributed by atoms with Crippen LogP contribution in [-0.2, 0) is 13.0 Å². The van der Waals surface area contributed by atoms with Gasteiger partial charge in [0.15, 0.2) is 5.96 Å². The number of hydrogen-bond donors (Lipinski definition) is 3. The van der Waals surface area contributed by atoms with E-state index in [1.54, 1.807) is 0 Å². The van der Waals surface area contributed by atoms with Crippen molar-refractivity contribution in [2.45, 2.75) is 19.9 Å². The number of imidazole rings is 1. The molecule has 0 spiro atoms. The van der Waals surface area contributed by atoms with Crippen LogP contribution >= 0.6 is 11.6 Å². The van der Waals surface area contributed by atoms with Gasteiger partial charge in [-0.05, 0) is 36.8 Å². The lowest BCUT2D eigenvalue weighted by atomic mass is 10.2. The number of benzene rings is 2. The first-order valence-corrected chi connectivity index (χ1v) is 8.82. The Morgan fingerprint density at radius 3 is 2.68 bits per heavy atom. The van der Waals surface area contributed by atoms with Gasteiger partial charge in [0, 0.05) is 24.5 Å². The van der Waals surface area contributed by atoms with Gasteiger partial charge >= 0.3 is 0 Å². The van der Waals surface area contributed by atoms with Gasteiger partial charge in [-0.2, -0.15) is 0 Å². The van der Waals surface area contributed by atoms with Crippen LogP contribution < -0.4 is 10.6 Å². The van der Waals surface area contributed by atoms with Crippen molar-refractivity contribution in [1.82, 2.24) is 20.6 Å². The maximum atomic E-state index is 5.91. The Labute approximate surface area is 152 Å². The van der Waals surface area contributed by atoms with Crippen LogP contribution in [0.15, 0.2) is 53.5 Å². The lowest BCUT2D eigenvalue weighted by Gasteiger charge is -2.10. The number of nitrogens with zero attached hydrogens (tertiary/aromatic N) is 2. The lowest BCUT2D eigenvalue weighted by molar-refractivity contribution is 0.780. The van der Waals surface area contributed by atoms with E-state index in [-0.39, 0.29) is 0 Å². The minimum Gasteiger partial charge on any atom is -0.357 e. The molecule has 0 fully saturated rings. The molecule has 0 radical (unpaired) electrons. The van der Waals surface area contributed by atoms with Crippen LogP contribution in [0.2, 0.25) is 5.02 Å². The number of halogens is 1. The van der Waals surface area contributed by atoms with Crippen LogP contribution in [0.5, 0.6) is 0 Å². The van der Waals surface area contributed by atoms with Crippen LogP contribution in [0.4, 0.5) is 0 Å². The van der Waals surface area contributed by atoms with Crippen molar-refractivity contribution in [3.63, 3.8) is 0 Å². The highest BCUT2D eigenvalue weighted by molar-refractivity contribution is 6.30. The van der Waals surface area contributed by atoms with Crippen molar-refractivity contribution in [2.24, 2.45) is 4.99 Å². The minimum absolute atomic E-state index is 0.608. The molecule has 130 valence electrons. The number of aromatic amines is 1. The Bertz CT molecular complexity index is 805. The van der Waals surface area contributed by atoms with E-state index < -0.39 is 0 Å². The summed E-state index contributed by atoms with van der Waals surface area (Å²) in [6.07, 6.45) is 0.806. The monoisotopic (exact) mass is 355 g/mol. The molecule has 0 atom stereocenters. The molecule has 3 rings (SSSR count). The molecular formula is C19H22ClN5. The molecule has 25 heavy (non-hydrogen) atoms. The summed E-state index contributed by atoms with van der Waals surface area (Å²) < 4.78 is 0. The van der Waals surface area contributed by atoms with Crippen molar-refractivity contribution in [1.29, 1.82) is 0 Å². The minimum atomic E-state index is 0.608. The largest absolute Gasteiger partial charge is 0.357 e. The van der Waals surface area contributed by atoms with Gasteiger partial charge in [-0.3, -0.25) is 0 Å². The summed E-state index contributed by atoms with van der Waals surface area (Å²) in [6, 6.07) is 15.8. The molecule has 0 aliphatic rings. The zero-order chi connectivity index (χ0) is 17.5. The van der Waals surface area contributed by atoms with E-state index in [0.717, 1.165) is 52.9 Å². The number of hydrogen-bond acceptors (Lipinski definition) is 2. The third-order valence-electron chi connectivity index (χ3n) is 3.77. The van der Waals surface area contributed by atoms with Crippen LogP contribution in [0.1, 0.15) is 18.3 Å². The highest BCUT2D eigenvalue weighted by Crippen LogP contribution is 2.11. The topological polar surface area (TPSA) is 65.1 Å². The Morgan fingerprint density at radius 1 is 1.12 bits per heavy atom. The summed E-state index contributed by atoms with van der Waals surface area (Å²) in [5.74, 6) is 1.77. The highest BCUT2D eigenvalue weighted by Gasteiger charge is 2.03. The maximum absolute atomic E-state index is 5.91. The summed E-state index contributed by atoms with van der Waals surface area (Å²) >= 11 is 5.91. The van der Waals surface area contributed by atoms with Gasteiger partial charge in [0.05, 0.1) is 17.6 Å². The molecule has 0 aliphatic heterocycles. The van der Waals surface area contributed by atoms with Gasteiger partial charge in [0.1, 0.15) is 5.82 Å². The van der Waals surface area contributed by atoms with E-state index in [4.69, 9.17) is 11.6 Å². The Morgan fingerprint density at radius 2 is 1.92 bits per heavy atom. The molecule has 1 aromatic heterocycles. The second kappa shape index (κ2) is 8.53. The molecule has 3 aromatic rings. The average Bonchev–Trinajstić information content (AvgIpc) is 3.04. The Hall–Kier alpha value is -2.53. The summed E-state index contributed by atoms with van der Waals surface area (Å²) in [5, 5.41) is 7.35. The number of nitrogens with one attached hydrogen (secondary N) is 3. The maximum Gasteiger partial charge on any atom is 0.191 e. The normalized spacial score (nSPS) is 11.7. The van der Waals surface area contributed by atoms with Crippen molar-refractivity contribution in [2.75, 3.05) is 13.1 Å². The smallest absolute Gasteiger partial charge is 0.191 e. The zero-order valence-corrected chi connectivity index (χ0v) is 15.0. The van der Waals surface area contributed by atoms with E-state index in [2.05, 4.69) is 32.5 Å². The summed E-state index contributed by atoms with van der Waals surface area (Å²) in [4.78, 5) is 12.5. The van der Waals surface area contributed by atoms with E-state index in [9.17, 15) is 0 Å². The molecule has 0 aliphatic carbocycles. The molecule has 6 heteroatoms. The van der Waals surface area contributed by atoms with Gasteiger partial charge in [-0.25, -0.2) is 9.98 Å². The fourth-order valence-electron chi connectivity index (χ4n) is 2.53. The number of fused-ring (bicyclic) bond motifs is 1. The average molecular weight is 356 g/mol. The fraction of sp³-hybridized carbons (Fsp3) is 0.263. The first-order chi connectivity index (χ1) is 12.2. The SMILES string of the molecule is CCNC(=NCc1ccc(Cl)cc1)NCCc1nc2ccccc2[nH]1. The summed E-state index contributed by atoms with van der Waals surface area (Å²) in [6.45, 7) is 4.24. The fourth-order valence-corrected chi connectivity index (χ4v) is 2.65. The molecular weight excluding hydrogens is 334 g/mol. The van der Waals surface area contributed by atoms with Crippen LogP contribution in [-0.4, -0.2) is 29.0 Å². The van der Waals surface area contributed by atoms with Gasteiger partial charge < -0.3 is 15.6 Å². The highest BCUT2D eigenvalue weighted by atomic mass is 35.5. The number of guanidine groups is 1. The number of rotatable bonds is 6. The molecule has 1 heterocycles. The van der Waals surface area contributed by atoms with Crippen LogP contribution in [0, 0.1) is 0 Å². The standard InChI is InChI=1S/C19H22ClN5/c1-2-21-19(23-13-14-7-9-15(20)10-8-14)22-12-11-18-24-16-5-3-4-6-17(16)25-18/h3-10H,2,11-13H2,1H3,(H,24,25)(H2,21,22,23). The van der Waals surface area contributed by atoms with E-state index in [1.807, 2.05) is 48.5 Å². The molecule has 2 aromatic carbocycles. The molecule has 3 N–H and O–H groups in total. The molecule has 0 amide bonds. The molecule has 0 unspecified atom stereocenters. The van der Waals surface area contributed by atoms with Crippen molar-refractivity contribution >= 4 is 28.6 Å². The molecule has 0 saturated carbocycles. The predicted octanol–water partition coefficient (Wildman–Crippen LogP) is 3.51. The third-order valence-corrected chi connectivity index (χ3v) is 4.02. The van der Waals surface area contributed by atoms with Crippen molar-refractivity contribution < 1.29 is 0 Å². The van der Waals surface area contributed by atoms with E-state index in [1.165, 1.54) is 0 Å². The molecule has 0 bridgehead atoms. The molecule has 0 saturated heterocycles.